The van der Waals surface area contributed by atoms with Crippen molar-refractivity contribution in [1.29, 1.82) is 0 Å². The van der Waals surface area contributed by atoms with E-state index in [0.29, 0.717) is 23.9 Å². The van der Waals surface area contributed by atoms with Crippen molar-refractivity contribution >= 4 is 35.3 Å². The van der Waals surface area contributed by atoms with Crippen molar-refractivity contribution in [2.45, 2.75) is 20.0 Å². The Kier molecular flexibility index (Phi) is 7.05. The summed E-state index contributed by atoms with van der Waals surface area (Å²) in [7, 11) is 0. The molecule has 6 nitrogen and oxygen atoms in total. The molecule has 1 fully saturated rings. The van der Waals surface area contributed by atoms with E-state index in [4.69, 9.17) is 16.3 Å². The molecule has 1 heterocycles. The van der Waals surface area contributed by atoms with E-state index < -0.39 is 5.92 Å². The number of hydrogen-bond donors (Lipinski definition) is 1. The highest BCUT2D eigenvalue weighted by Gasteiger charge is 2.35. The van der Waals surface area contributed by atoms with Crippen molar-refractivity contribution in [3.8, 4) is 5.75 Å². The van der Waals surface area contributed by atoms with Crippen LogP contribution in [0.5, 0.6) is 5.75 Å². The zero-order valence-corrected chi connectivity index (χ0v) is 19.0. The van der Waals surface area contributed by atoms with Crippen LogP contribution in [0.3, 0.4) is 0 Å². The fourth-order valence-corrected chi connectivity index (χ4v) is 3.68. The van der Waals surface area contributed by atoms with E-state index in [1.165, 1.54) is 0 Å². The molecule has 33 heavy (non-hydrogen) atoms. The highest BCUT2D eigenvalue weighted by molar-refractivity contribution is 6.30. The molecule has 3 aromatic carbocycles. The van der Waals surface area contributed by atoms with Crippen molar-refractivity contribution in [3.05, 3.63) is 94.5 Å². The second kappa shape index (κ2) is 10.3. The fraction of sp³-hybridized carbons (Fsp3) is 0.192. The summed E-state index contributed by atoms with van der Waals surface area (Å²) in [5, 5.41) is 4.75. The summed E-state index contributed by atoms with van der Waals surface area (Å²) >= 11 is 5.90. The lowest BCUT2D eigenvalue weighted by Crippen LogP contribution is -2.30. The van der Waals surface area contributed by atoms with Crippen LogP contribution in [0.25, 0.3) is 0 Å². The lowest BCUT2D eigenvalue weighted by atomic mass is 10.1. The molecule has 1 N–H and O–H groups in total. The summed E-state index contributed by atoms with van der Waals surface area (Å²) < 4.78 is 5.82. The van der Waals surface area contributed by atoms with Crippen LogP contribution in [-0.2, 0) is 16.2 Å². The average molecular weight is 462 g/mol. The molecule has 0 aromatic heterocycles. The van der Waals surface area contributed by atoms with Crippen LogP contribution in [0.1, 0.15) is 23.1 Å². The van der Waals surface area contributed by atoms with Crippen LogP contribution >= 0.6 is 11.6 Å². The van der Waals surface area contributed by atoms with Crippen molar-refractivity contribution in [3.63, 3.8) is 0 Å². The first-order valence-electron chi connectivity index (χ1n) is 10.7. The first-order valence-corrected chi connectivity index (χ1v) is 11.0. The quantitative estimate of drug-likeness (QED) is 0.408. The molecule has 2 amide bonds. The Morgan fingerprint density at radius 3 is 2.67 bits per heavy atom. The number of anilines is 1. The normalized spacial score (nSPS) is 15.8. The zero-order chi connectivity index (χ0) is 23.2. The first-order chi connectivity index (χ1) is 16.0. The predicted molar refractivity (Wildman–Crippen MR) is 130 cm³/mol. The Labute approximate surface area is 197 Å². The number of amides is 2. The zero-order valence-electron chi connectivity index (χ0n) is 18.2. The number of halogens is 1. The van der Waals surface area contributed by atoms with Crippen LogP contribution in [0.2, 0.25) is 5.02 Å². The Morgan fingerprint density at radius 2 is 1.91 bits per heavy atom. The number of benzene rings is 3. The summed E-state index contributed by atoms with van der Waals surface area (Å²) in [6.07, 6.45) is 1.73. The van der Waals surface area contributed by atoms with Crippen molar-refractivity contribution in [2.24, 2.45) is 11.0 Å². The second-order valence-electron chi connectivity index (χ2n) is 7.96. The van der Waals surface area contributed by atoms with E-state index >= 15 is 0 Å². The molecule has 1 aliphatic heterocycles. The molecule has 0 saturated carbocycles. The lowest BCUT2D eigenvalue weighted by molar-refractivity contribution is -0.126. The predicted octanol–water partition coefficient (Wildman–Crippen LogP) is 4.73. The molecular weight excluding hydrogens is 438 g/mol. The van der Waals surface area contributed by atoms with Gasteiger partial charge in [-0.05, 0) is 54.4 Å². The van der Waals surface area contributed by atoms with Gasteiger partial charge in [-0.25, -0.2) is 5.43 Å². The van der Waals surface area contributed by atoms with Gasteiger partial charge < -0.3 is 9.64 Å². The molecule has 1 saturated heterocycles. The van der Waals surface area contributed by atoms with Gasteiger partial charge in [0.2, 0.25) is 11.8 Å². The number of rotatable bonds is 7. The number of aryl methyl sites for hydroxylation is 1. The summed E-state index contributed by atoms with van der Waals surface area (Å²) in [4.78, 5) is 26.5. The van der Waals surface area contributed by atoms with Crippen LogP contribution < -0.4 is 15.1 Å². The van der Waals surface area contributed by atoms with Gasteiger partial charge in [0.1, 0.15) is 12.4 Å². The Bertz CT molecular complexity index is 1160. The maximum absolute atomic E-state index is 12.5. The highest BCUT2D eigenvalue weighted by atomic mass is 35.5. The van der Waals surface area contributed by atoms with Crippen molar-refractivity contribution in [2.75, 3.05) is 11.4 Å². The fourth-order valence-electron chi connectivity index (χ4n) is 3.55. The molecule has 0 spiro atoms. The molecular formula is C26H24ClN3O3. The monoisotopic (exact) mass is 461 g/mol. The number of ether oxygens (including phenoxy) is 1. The van der Waals surface area contributed by atoms with Gasteiger partial charge >= 0.3 is 0 Å². The SMILES string of the molecule is Cc1ccc(N2C[C@H](C(=O)N/N=C/c3cccc(OCc4ccc(Cl)cc4)c3)CC2=O)cc1. The minimum Gasteiger partial charge on any atom is -0.489 e. The molecule has 0 aliphatic carbocycles. The minimum atomic E-state index is -0.440. The number of nitrogens with zero attached hydrogens (tertiary/aromatic N) is 2. The molecule has 0 bridgehead atoms. The number of nitrogens with one attached hydrogen (secondary N) is 1. The smallest absolute Gasteiger partial charge is 0.245 e. The van der Waals surface area contributed by atoms with E-state index in [1.54, 1.807) is 11.1 Å². The average Bonchev–Trinajstić information content (AvgIpc) is 3.21. The largest absolute Gasteiger partial charge is 0.489 e. The third-order valence-electron chi connectivity index (χ3n) is 5.41. The van der Waals surface area contributed by atoms with Crippen LogP contribution in [0, 0.1) is 12.8 Å². The molecule has 1 aliphatic rings. The Morgan fingerprint density at radius 1 is 1.15 bits per heavy atom. The summed E-state index contributed by atoms with van der Waals surface area (Å²) in [5.74, 6) is -0.0850. The van der Waals surface area contributed by atoms with Crippen molar-refractivity contribution < 1.29 is 14.3 Å². The van der Waals surface area contributed by atoms with Gasteiger partial charge in [-0.1, -0.05) is 53.6 Å². The molecule has 0 unspecified atom stereocenters. The van der Waals surface area contributed by atoms with Gasteiger partial charge in [-0.2, -0.15) is 5.10 Å². The van der Waals surface area contributed by atoms with E-state index in [0.717, 1.165) is 22.4 Å². The van der Waals surface area contributed by atoms with E-state index in [2.05, 4.69) is 10.5 Å². The summed E-state index contributed by atoms with van der Waals surface area (Å²) in [5.41, 5.74) is 6.28. The molecule has 1 atom stereocenters. The van der Waals surface area contributed by atoms with E-state index in [9.17, 15) is 9.59 Å². The maximum atomic E-state index is 12.5. The Hall–Kier alpha value is -3.64. The standard InChI is InChI=1S/C26H24ClN3O3/c1-18-5-11-23(12-6-18)30-16-21(14-25(30)31)26(32)29-28-15-20-3-2-4-24(13-20)33-17-19-7-9-22(27)10-8-19/h2-13,15,21H,14,16-17H2,1H3,(H,29,32)/b28-15+/t21-/m1/s1. The molecule has 3 aromatic rings. The number of hydrogen-bond acceptors (Lipinski definition) is 4. The van der Waals surface area contributed by atoms with Gasteiger partial charge in [0, 0.05) is 23.7 Å². The molecule has 4 rings (SSSR count). The van der Waals surface area contributed by atoms with E-state index in [1.807, 2.05) is 79.7 Å². The number of hydrazone groups is 1. The van der Waals surface area contributed by atoms with Gasteiger partial charge in [0.25, 0.3) is 0 Å². The van der Waals surface area contributed by atoms with Crippen LogP contribution in [0.4, 0.5) is 5.69 Å². The number of carbonyl (C=O) groups excluding carboxylic acids is 2. The molecule has 0 radical (unpaired) electrons. The van der Waals surface area contributed by atoms with Crippen LogP contribution in [0.15, 0.2) is 77.9 Å². The summed E-state index contributed by atoms with van der Waals surface area (Å²) in [6.45, 7) is 2.75. The number of carbonyl (C=O) groups is 2. The third-order valence-corrected chi connectivity index (χ3v) is 5.66. The third kappa shape index (κ3) is 5.99. The minimum absolute atomic E-state index is 0.0616. The van der Waals surface area contributed by atoms with Crippen LogP contribution in [-0.4, -0.2) is 24.6 Å². The van der Waals surface area contributed by atoms with E-state index in [-0.39, 0.29) is 18.2 Å². The topological polar surface area (TPSA) is 71.0 Å². The molecule has 168 valence electrons. The highest BCUT2D eigenvalue weighted by Crippen LogP contribution is 2.25. The van der Waals surface area contributed by atoms with Gasteiger partial charge in [-0.15, -0.1) is 0 Å². The summed E-state index contributed by atoms with van der Waals surface area (Å²) in [6, 6.07) is 22.6. The van der Waals surface area contributed by atoms with Gasteiger partial charge in [-0.3, -0.25) is 9.59 Å². The molecule has 7 heteroatoms. The first kappa shape index (κ1) is 22.6. The van der Waals surface area contributed by atoms with Crippen molar-refractivity contribution in [1.82, 2.24) is 5.43 Å². The lowest BCUT2D eigenvalue weighted by Gasteiger charge is -2.16. The van der Waals surface area contributed by atoms with Gasteiger partial charge in [0.15, 0.2) is 0 Å². The Balaban J connectivity index is 1.30. The maximum Gasteiger partial charge on any atom is 0.245 e. The second-order valence-corrected chi connectivity index (χ2v) is 8.40. The van der Waals surface area contributed by atoms with Gasteiger partial charge in [0.05, 0.1) is 12.1 Å².